The first-order valence-corrected chi connectivity index (χ1v) is 11.3. The van der Waals surface area contributed by atoms with Gasteiger partial charge in [0.05, 0.1) is 31.8 Å². The molecule has 0 amide bonds. The van der Waals surface area contributed by atoms with Crippen molar-refractivity contribution in [2.75, 3.05) is 30.4 Å². The molecule has 186 valence electrons. The maximum absolute atomic E-state index is 11.5. The molecule has 1 saturated heterocycles. The summed E-state index contributed by atoms with van der Waals surface area (Å²) in [5, 5.41) is 25.7. The number of aromatic amines is 1. The Balaban J connectivity index is 1.12. The van der Waals surface area contributed by atoms with Crippen LogP contribution in [0.4, 0.5) is 17.3 Å². The van der Waals surface area contributed by atoms with Crippen LogP contribution in [0.3, 0.4) is 0 Å². The van der Waals surface area contributed by atoms with Crippen molar-refractivity contribution in [3.63, 3.8) is 0 Å². The molecule has 1 aromatic carbocycles. The number of aromatic nitrogens is 6. The number of fused-ring (bicyclic) bond motifs is 3. The smallest absolute Gasteiger partial charge is 0.346 e. The summed E-state index contributed by atoms with van der Waals surface area (Å²) in [6, 6.07) is 5.38. The van der Waals surface area contributed by atoms with Crippen LogP contribution in [0.15, 0.2) is 41.8 Å². The third kappa shape index (κ3) is 3.96. The molecule has 14 nitrogen and oxygen atoms in total. The minimum Gasteiger partial charge on any atom is -0.489 e. The minimum absolute atomic E-state index is 0.264. The van der Waals surface area contributed by atoms with Crippen LogP contribution >= 0.6 is 0 Å². The molecule has 14 heteroatoms. The fourth-order valence-corrected chi connectivity index (χ4v) is 4.21. The second-order valence-corrected chi connectivity index (χ2v) is 8.22. The van der Waals surface area contributed by atoms with Gasteiger partial charge in [-0.3, -0.25) is 9.55 Å². The average molecular weight is 494 g/mol. The Kier molecular flexibility index (Phi) is 5.59. The number of aliphatic hydroxyl groups excluding tert-OH is 2. The van der Waals surface area contributed by atoms with Crippen LogP contribution in [0.2, 0.25) is 0 Å². The zero-order chi connectivity index (χ0) is 24.6. The van der Waals surface area contributed by atoms with E-state index in [-0.39, 0.29) is 6.61 Å². The molecule has 5 heterocycles. The Labute approximate surface area is 202 Å². The predicted molar refractivity (Wildman–Crippen MR) is 126 cm³/mol. The van der Waals surface area contributed by atoms with Crippen LogP contribution in [0, 0.1) is 0 Å². The molecule has 0 spiro atoms. The normalized spacial score (nSPS) is 20.3. The summed E-state index contributed by atoms with van der Waals surface area (Å²) >= 11 is 0. The molecular weight excluding hydrogens is 472 g/mol. The van der Waals surface area contributed by atoms with Crippen molar-refractivity contribution in [2.45, 2.75) is 24.9 Å². The molecule has 2 aliphatic heterocycles. The molecule has 0 radical (unpaired) electrons. The number of hydrogen-bond donors (Lipinski definition) is 5. The summed E-state index contributed by atoms with van der Waals surface area (Å²) in [7, 11) is 0. The van der Waals surface area contributed by atoms with E-state index in [0.717, 1.165) is 0 Å². The molecule has 0 bridgehead atoms. The largest absolute Gasteiger partial charge is 0.489 e. The lowest BCUT2D eigenvalue weighted by molar-refractivity contribution is -0.0432. The highest BCUT2D eigenvalue weighted by Gasteiger charge is 2.35. The molecule has 3 aromatic heterocycles. The number of rotatable bonds is 7. The number of nitrogens with zero attached hydrogens (tertiary/aromatic N) is 5. The number of aliphatic hydroxyl groups is 2. The van der Waals surface area contributed by atoms with Crippen LogP contribution in [-0.4, -0.2) is 71.7 Å². The van der Waals surface area contributed by atoms with Gasteiger partial charge in [-0.2, -0.15) is 4.98 Å². The van der Waals surface area contributed by atoms with Crippen molar-refractivity contribution >= 4 is 28.5 Å². The molecule has 36 heavy (non-hydrogen) atoms. The third-order valence-electron chi connectivity index (χ3n) is 5.94. The van der Waals surface area contributed by atoms with Gasteiger partial charge in [0.15, 0.2) is 34.3 Å². The summed E-state index contributed by atoms with van der Waals surface area (Å²) in [6.07, 6.45) is 2.80. The molecule has 0 saturated carbocycles. The number of H-pyrrole nitrogens is 1. The van der Waals surface area contributed by atoms with Gasteiger partial charge in [0.25, 0.3) is 0 Å². The van der Waals surface area contributed by atoms with Gasteiger partial charge >= 0.3 is 5.69 Å². The zero-order valence-corrected chi connectivity index (χ0v) is 18.8. The quantitative estimate of drug-likeness (QED) is 0.202. The molecule has 3 atom stereocenters. The van der Waals surface area contributed by atoms with Crippen molar-refractivity contribution in [1.82, 2.24) is 29.5 Å². The first-order chi connectivity index (χ1) is 17.6. The summed E-state index contributed by atoms with van der Waals surface area (Å²) < 4.78 is 19.2. The second kappa shape index (κ2) is 9.07. The Hall–Kier alpha value is -4.27. The first-order valence-electron chi connectivity index (χ1n) is 11.3. The van der Waals surface area contributed by atoms with Gasteiger partial charge in [0.1, 0.15) is 36.7 Å². The Morgan fingerprint density at radius 3 is 3.00 bits per heavy atom. The van der Waals surface area contributed by atoms with Crippen LogP contribution in [0.5, 0.6) is 17.2 Å². The molecule has 0 unspecified atom stereocenters. The maximum Gasteiger partial charge on any atom is 0.346 e. The third-order valence-corrected chi connectivity index (χ3v) is 5.94. The number of ether oxygens (including phenoxy) is 3. The van der Waals surface area contributed by atoms with Gasteiger partial charge in [0, 0.05) is 6.42 Å². The fraction of sp³-hybridized carbons (Fsp3) is 0.318. The standard InChI is InChI=1S/C22H22N8O6/c31-8-15-11(32)6-16(36-15)30-10-27-18-20(25-9-26-21(18)30)23-4-5-34-12-2-1-3-13-17(12)28-19-14(35-13)7-24-22(33)29-19/h1-3,7,9-11,15-16,31-32H,4-6,8H2,(H,23,25,26)(H2,24,28,29,33)/t11-,15+,16+/m0/s1. The highest BCUT2D eigenvalue weighted by molar-refractivity contribution is 5.82. The van der Waals surface area contributed by atoms with E-state index in [1.807, 2.05) is 0 Å². The molecule has 0 aliphatic carbocycles. The number of nitrogens with one attached hydrogen (secondary N) is 3. The zero-order valence-electron chi connectivity index (χ0n) is 18.8. The van der Waals surface area contributed by atoms with E-state index in [9.17, 15) is 15.0 Å². The predicted octanol–water partition coefficient (Wildman–Crippen LogP) is 0.890. The molecule has 1 fully saturated rings. The lowest BCUT2D eigenvalue weighted by atomic mass is 10.2. The molecule has 5 N–H and O–H groups in total. The summed E-state index contributed by atoms with van der Waals surface area (Å²) in [4.78, 5) is 30.8. The van der Waals surface area contributed by atoms with Crippen LogP contribution in [0.25, 0.3) is 11.2 Å². The van der Waals surface area contributed by atoms with Crippen LogP contribution in [0.1, 0.15) is 12.6 Å². The van der Waals surface area contributed by atoms with E-state index < -0.39 is 24.1 Å². The second-order valence-electron chi connectivity index (χ2n) is 8.22. The number of hydrogen-bond acceptors (Lipinski definition) is 12. The summed E-state index contributed by atoms with van der Waals surface area (Å²) in [5.41, 5.74) is 1.20. The van der Waals surface area contributed by atoms with Gasteiger partial charge in [-0.05, 0) is 12.1 Å². The number of anilines is 3. The molecule has 2 aliphatic rings. The summed E-state index contributed by atoms with van der Waals surface area (Å²) in [6.45, 7) is 0.437. The van der Waals surface area contributed by atoms with Crippen LogP contribution in [-0.2, 0) is 4.74 Å². The van der Waals surface area contributed by atoms with Crippen LogP contribution < -0.4 is 25.8 Å². The Bertz CT molecular complexity index is 1470. The van der Waals surface area contributed by atoms with Crippen molar-refractivity contribution in [1.29, 1.82) is 0 Å². The first kappa shape index (κ1) is 22.2. The lowest BCUT2D eigenvalue weighted by Crippen LogP contribution is -2.24. The molecular formula is C22H22N8O6. The van der Waals surface area contributed by atoms with Crippen molar-refractivity contribution in [2.24, 2.45) is 0 Å². The van der Waals surface area contributed by atoms with Gasteiger partial charge in [-0.15, -0.1) is 0 Å². The van der Waals surface area contributed by atoms with Gasteiger partial charge in [0.2, 0.25) is 0 Å². The van der Waals surface area contributed by atoms with Gasteiger partial charge in [-0.25, -0.2) is 19.7 Å². The lowest BCUT2D eigenvalue weighted by Gasteiger charge is -2.22. The van der Waals surface area contributed by atoms with E-state index >= 15 is 0 Å². The minimum atomic E-state index is -0.761. The Morgan fingerprint density at radius 1 is 1.22 bits per heavy atom. The molecule has 6 rings (SSSR count). The van der Waals surface area contributed by atoms with E-state index in [1.54, 1.807) is 29.1 Å². The van der Waals surface area contributed by atoms with E-state index in [4.69, 9.17) is 14.2 Å². The monoisotopic (exact) mass is 494 g/mol. The van der Waals surface area contributed by atoms with Gasteiger partial charge in [-0.1, -0.05) is 6.07 Å². The fourth-order valence-electron chi connectivity index (χ4n) is 4.21. The number of benzene rings is 1. The number of imidazole rings is 1. The highest BCUT2D eigenvalue weighted by atomic mass is 16.5. The van der Waals surface area contributed by atoms with Gasteiger partial charge < -0.3 is 35.1 Å². The van der Waals surface area contributed by atoms with Crippen molar-refractivity contribution in [3.05, 3.63) is 47.5 Å². The SMILES string of the molecule is O=c1ncc2c([nH]1)Nc1c(OCCNc3ncnc4c3ncn4[C@H]3C[C@H](O)[C@@H](CO)O3)cccc1O2. The highest BCUT2D eigenvalue weighted by Crippen LogP contribution is 2.44. The van der Waals surface area contributed by atoms with E-state index in [0.29, 0.717) is 65.3 Å². The van der Waals surface area contributed by atoms with E-state index in [1.165, 1.54) is 12.5 Å². The van der Waals surface area contributed by atoms with E-state index in [2.05, 4.69) is 35.6 Å². The Morgan fingerprint density at radius 2 is 2.14 bits per heavy atom. The summed E-state index contributed by atoms with van der Waals surface area (Å²) in [5.74, 6) is 2.44. The number of para-hydroxylation sites is 1. The molecule has 4 aromatic rings. The van der Waals surface area contributed by atoms with Crippen molar-refractivity contribution in [3.8, 4) is 17.2 Å². The maximum atomic E-state index is 11.5. The van der Waals surface area contributed by atoms with Crippen molar-refractivity contribution < 1.29 is 24.4 Å². The topological polar surface area (TPSA) is 182 Å². The average Bonchev–Trinajstić information content (AvgIpc) is 3.49.